The fourth-order valence-corrected chi connectivity index (χ4v) is 2.60. The number of rotatable bonds is 8. The first-order chi connectivity index (χ1) is 10.6. The van der Waals surface area contributed by atoms with E-state index >= 15 is 0 Å². The second-order valence-electron chi connectivity index (χ2n) is 5.42. The Morgan fingerprint density at radius 1 is 1.18 bits per heavy atom. The molecule has 2 aromatic heterocycles. The quantitative estimate of drug-likeness (QED) is 0.540. The number of carbonyl (C=O) groups excluding carboxylic acids is 1. The molecule has 0 saturated heterocycles. The molecule has 0 atom stereocenters. The minimum atomic E-state index is -0.324. The van der Waals surface area contributed by atoms with Crippen molar-refractivity contribution in [3.05, 3.63) is 27.2 Å². The highest BCUT2D eigenvalue weighted by Gasteiger charge is 2.15. The lowest BCUT2D eigenvalue weighted by molar-refractivity contribution is -0.107. The summed E-state index contributed by atoms with van der Waals surface area (Å²) in [4.78, 5) is 39.2. The number of nitrogens with zero attached hydrogens (tertiary/aromatic N) is 4. The van der Waals surface area contributed by atoms with E-state index in [1.807, 2.05) is 11.5 Å². The molecule has 2 heterocycles. The van der Waals surface area contributed by atoms with Gasteiger partial charge in [0.15, 0.2) is 11.2 Å². The summed E-state index contributed by atoms with van der Waals surface area (Å²) >= 11 is 0. The highest BCUT2D eigenvalue weighted by atomic mass is 16.2. The van der Waals surface area contributed by atoms with Crippen LogP contribution in [0, 0.1) is 0 Å². The summed E-state index contributed by atoms with van der Waals surface area (Å²) in [5.41, 5.74) is 0.308. The van der Waals surface area contributed by atoms with Crippen molar-refractivity contribution in [2.24, 2.45) is 7.05 Å². The molecule has 120 valence electrons. The van der Waals surface area contributed by atoms with Gasteiger partial charge in [0, 0.05) is 26.6 Å². The maximum atomic E-state index is 12.6. The molecule has 0 unspecified atom stereocenters. The fraction of sp³-hybridized carbons (Fsp3) is 0.600. The Balaban J connectivity index is 2.35. The molecule has 0 fully saturated rings. The topological polar surface area (TPSA) is 78.9 Å². The van der Waals surface area contributed by atoms with Crippen molar-refractivity contribution in [2.75, 3.05) is 0 Å². The molecule has 0 aliphatic carbocycles. The smallest absolute Gasteiger partial charge is 0.325 e. The van der Waals surface area contributed by atoms with E-state index in [0.717, 1.165) is 32.0 Å². The van der Waals surface area contributed by atoms with Gasteiger partial charge >= 0.3 is 5.69 Å². The molecule has 7 heteroatoms. The third kappa shape index (κ3) is 3.03. The first-order valence-corrected chi connectivity index (χ1v) is 7.70. The number of hydrogen-bond acceptors (Lipinski definition) is 4. The van der Waals surface area contributed by atoms with E-state index in [9.17, 15) is 14.4 Å². The zero-order chi connectivity index (χ0) is 16.1. The Hall–Kier alpha value is -2.18. The summed E-state index contributed by atoms with van der Waals surface area (Å²) in [5.74, 6) is 0. The number of imidazole rings is 1. The Morgan fingerprint density at radius 2 is 1.95 bits per heavy atom. The number of hydrogen-bond donors (Lipinski definition) is 0. The molecule has 2 aromatic rings. The Bertz CT molecular complexity index is 769. The molecule has 0 spiro atoms. The monoisotopic (exact) mass is 306 g/mol. The van der Waals surface area contributed by atoms with Crippen LogP contribution < -0.4 is 11.2 Å². The lowest BCUT2D eigenvalue weighted by atomic mass is 10.2. The third-order valence-electron chi connectivity index (χ3n) is 3.77. The van der Waals surface area contributed by atoms with E-state index in [0.29, 0.717) is 30.7 Å². The molecule has 2 rings (SSSR count). The molecule has 7 nitrogen and oxygen atoms in total. The van der Waals surface area contributed by atoms with E-state index < -0.39 is 0 Å². The average molecular weight is 306 g/mol. The van der Waals surface area contributed by atoms with Gasteiger partial charge in [-0.05, 0) is 19.3 Å². The van der Waals surface area contributed by atoms with Crippen molar-refractivity contribution in [1.82, 2.24) is 18.7 Å². The summed E-state index contributed by atoms with van der Waals surface area (Å²) in [6, 6.07) is 0. The standard InChI is InChI=1S/C15H22N4O3/c1-3-8-19-14(21)12-13(17(2)15(19)22)16-11-18(12)9-6-4-5-7-10-20/h10-11H,3-9H2,1-2H3. The molecule has 0 N–H and O–H groups in total. The van der Waals surface area contributed by atoms with Crippen LogP contribution in [-0.4, -0.2) is 25.0 Å². The van der Waals surface area contributed by atoms with Crippen molar-refractivity contribution < 1.29 is 4.79 Å². The van der Waals surface area contributed by atoms with Gasteiger partial charge < -0.3 is 9.36 Å². The summed E-state index contributed by atoms with van der Waals surface area (Å²) in [6.07, 6.45) is 6.48. The van der Waals surface area contributed by atoms with Crippen LogP contribution in [0.1, 0.15) is 39.0 Å². The van der Waals surface area contributed by atoms with Crippen molar-refractivity contribution in [3.63, 3.8) is 0 Å². The molecule has 0 amide bonds. The van der Waals surface area contributed by atoms with Gasteiger partial charge in [-0.1, -0.05) is 13.3 Å². The summed E-state index contributed by atoms with van der Waals surface area (Å²) < 4.78 is 4.51. The molecule has 0 aliphatic rings. The Morgan fingerprint density at radius 3 is 2.64 bits per heavy atom. The largest absolute Gasteiger partial charge is 0.332 e. The zero-order valence-electron chi connectivity index (χ0n) is 13.1. The Kier molecular flexibility index (Phi) is 5.30. The summed E-state index contributed by atoms with van der Waals surface area (Å²) in [5, 5.41) is 0. The first-order valence-electron chi connectivity index (χ1n) is 7.70. The van der Waals surface area contributed by atoms with Crippen LogP contribution >= 0.6 is 0 Å². The molecule has 0 bridgehead atoms. The molecule has 22 heavy (non-hydrogen) atoms. The molecular weight excluding hydrogens is 284 g/mol. The predicted molar refractivity (Wildman–Crippen MR) is 84.1 cm³/mol. The molecule has 0 aromatic carbocycles. The van der Waals surface area contributed by atoms with Crippen LogP contribution in [-0.2, 0) is 24.9 Å². The van der Waals surface area contributed by atoms with Crippen LogP contribution in [0.3, 0.4) is 0 Å². The molecule has 0 radical (unpaired) electrons. The van der Waals surface area contributed by atoms with Gasteiger partial charge in [0.2, 0.25) is 0 Å². The second kappa shape index (κ2) is 7.20. The maximum absolute atomic E-state index is 12.6. The zero-order valence-corrected chi connectivity index (χ0v) is 13.1. The molecular formula is C15H22N4O3. The minimum Gasteiger partial charge on any atom is -0.325 e. The summed E-state index contributed by atoms with van der Waals surface area (Å²) in [6.45, 7) is 3.00. The number of aldehydes is 1. The van der Waals surface area contributed by atoms with E-state index in [1.54, 1.807) is 13.4 Å². The first kappa shape index (κ1) is 16.2. The van der Waals surface area contributed by atoms with Gasteiger partial charge in [0.25, 0.3) is 5.56 Å². The van der Waals surface area contributed by atoms with Gasteiger partial charge in [0.05, 0.1) is 6.33 Å². The van der Waals surface area contributed by atoms with Crippen molar-refractivity contribution in [3.8, 4) is 0 Å². The number of carbonyl (C=O) groups is 1. The number of aryl methyl sites for hydroxylation is 2. The summed E-state index contributed by atoms with van der Waals surface area (Å²) in [7, 11) is 1.64. The predicted octanol–water partition coefficient (Wildman–Crippen LogP) is 1.07. The van der Waals surface area contributed by atoms with E-state index in [-0.39, 0.29) is 11.2 Å². The number of fused-ring (bicyclic) bond motifs is 1. The molecule has 0 aliphatic heterocycles. The van der Waals surface area contributed by atoms with Gasteiger partial charge in [-0.25, -0.2) is 9.78 Å². The highest BCUT2D eigenvalue weighted by molar-refractivity contribution is 5.69. The van der Waals surface area contributed by atoms with Crippen molar-refractivity contribution in [1.29, 1.82) is 0 Å². The molecule has 0 saturated carbocycles. The van der Waals surface area contributed by atoms with Crippen LogP contribution in [0.5, 0.6) is 0 Å². The highest BCUT2D eigenvalue weighted by Crippen LogP contribution is 2.08. The van der Waals surface area contributed by atoms with Crippen molar-refractivity contribution in [2.45, 2.75) is 52.1 Å². The number of aromatic nitrogens is 4. The third-order valence-corrected chi connectivity index (χ3v) is 3.77. The number of unbranched alkanes of at least 4 members (excludes halogenated alkanes) is 3. The van der Waals surface area contributed by atoms with Gasteiger partial charge in [-0.15, -0.1) is 0 Å². The lowest BCUT2D eigenvalue weighted by Crippen LogP contribution is -2.39. The fourth-order valence-electron chi connectivity index (χ4n) is 2.60. The normalized spacial score (nSPS) is 11.2. The second-order valence-corrected chi connectivity index (χ2v) is 5.42. The van der Waals surface area contributed by atoms with Crippen molar-refractivity contribution >= 4 is 17.5 Å². The van der Waals surface area contributed by atoms with Crippen LogP contribution in [0.2, 0.25) is 0 Å². The minimum absolute atomic E-state index is 0.273. The van der Waals surface area contributed by atoms with Gasteiger partial charge in [0.1, 0.15) is 6.29 Å². The van der Waals surface area contributed by atoms with E-state index in [4.69, 9.17) is 0 Å². The average Bonchev–Trinajstić information content (AvgIpc) is 2.93. The van der Waals surface area contributed by atoms with Gasteiger partial charge in [-0.2, -0.15) is 0 Å². The SMILES string of the molecule is CCCn1c(=O)c2c(ncn2CCCCCC=O)n(C)c1=O. The van der Waals surface area contributed by atoms with Gasteiger partial charge in [-0.3, -0.25) is 13.9 Å². The van der Waals surface area contributed by atoms with E-state index in [1.165, 1.54) is 9.13 Å². The van der Waals surface area contributed by atoms with Crippen LogP contribution in [0.15, 0.2) is 15.9 Å². The van der Waals surface area contributed by atoms with Crippen LogP contribution in [0.4, 0.5) is 0 Å². The van der Waals surface area contributed by atoms with Crippen LogP contribution in [0.25, 0.3) is 11.2 Å². The Labute approximate surface area is 128 Å². The van der Waals surface area contributed by atoms with E-state index in [2.05, 4.69) is 4.98 Å². The lowest BCUT2D eigenvalue weighted by Gasteiger charge is -2.08. The maximum Gasteiger partial charge on any atom is 0.332 e.